The van der Waals surface area contributed by atoms with Crippen LogP contribution in [0.25, 0.3) is 0 Å². The number of esters is 1. The Morgan fingerprint density at radius 1 is 1.23 bits per heavy atom. The molecule has 0 amide bonds. The summed E-state index contributed by atoms with van der Waals surface area (Å²) in [5, 5.41) is 3.54. The zero-order chi connectivity index (χ0) is 22.3. The Balaban J connectivity index is 1.67. The van der Waals surface area contributed by atoms with E-state index in [9.17, 15) is 4.79 Å². The van der Waals surface area contributed by atoms with E-state index in [4.69, 9.17) is 9.47 Å². The van der Waals surface area contributed by atoms with Crippen molar-refractivity contribution >= 4 is 11.8 Å². The van der Waals surface area contributed by atoms with Gasteiger partial charge in [-0.05, 0) is 58.2 Å². The molecule has 31 heavy (non-hydrogen) atoms. The summed E-state index contributed by atoms with van der Waals surface area (Å²) in [7, 11) is 0. The van der Waals surface area contributed by atoms with E-state index in [1.807, 2.05) is 25.3 Å². The zero-order valence-corrected chi connectivity index (χ0v) is 19.9. The van der Waals surface area contributed by atoms with Crippen molar-refractivity contribution in [3.63, 3.8) is 0 Å². The molecule has 1 aliphatic rings. The van der Waals surface area contributed by atoms with Gasteiger partial charge in [-0.2, -0.15) is 0 Å². The third-order valence-electron chi connectivity index (χ3n) is 5.83. The summed E-state index contributed by atoms with van der Waals surface area (Å²) in [6, 6.07) is 4.36. The Hall–Kier alpha value is -1.82. The summed E-state index contributed by atoms with van der Waals surface area (Å²) >= 11 is 0. The van der Waals surface area contributed by atoms with Crippen molar-refractivity contribution in [3.05, 3.63) is 18.3 Å². The lowest BCUT2D eigenvalue weighted by atomic mass is 10.1. The number of carbonyl (C=O) groups is 1. The minimum atomic E-state index is -0.111. The van der Waals surface area contributed by atoms with E-state index in [0.717, 1.165) is 50.5 Å². The van der Waals surface area contributed by atoms with Crippen molar-refractivity contribution in [1.29, 1.82) is 0 Å². The molecule has 0 saturated carbocycles. The van der Waals surface area contributed by atoms with Gasteiger partial charge in [0.15, 0.2) is 0 Å². The Morgan fingerprint density at radius 2 is 2.03 bits per heavy atom. The lowest BCUT2D eigenvalue weighted by Crippen LogP contribution is -2.43. The number of likely N-dealkylation sites (tertiary alicyclic amines) is 1. The average molecular weight is 434 g/mol. The van der Waals surface area contributed by atoms with Crippen molar-refractivity contribution in [1.82, 2.24) is 9.88 Å². The van der Waals surface area contributed by atoms with Crippen molar-refractivity contribution in [2.24, 2.45) is 0 Å². The number of anilines is 1. The normalized spacial score (nSPS) is 17.8. The van der Waals surface area contributed by atoms with Crippen LogP contribution in [0.2, 0.25) is 0 Å². The van der Waals surface area contributed by atoms with Crippen LogP contribution in [0.4, 0.5) is 5.82 Å². The van der Waals surface area contributed by atoms with Crippen molar-refractivity contribution in [2.45, 2.75) is 97.1 Å². The van der Waals surface area contributed by atoms with Gasteiger partial charge in [0.25, 0.3) is 0 Å². The smallest absolute Gasteiger partial charge is 0.307 e. The molecule has 1 aromatic rings. The number of unbranched alkanes of at least 4 members (excludes halogenated alkanes) is 5. The van der Waals surface area contributed by atoms with Gasteiger partial charge in [-0.1, -0.05) is 39.0 Å². The van der Waals surface area contributed by atoms with Gasteiger partial charge in [0.2, 0.25) is 0 Å². The molecule has 176 valence electrons. The van der Waals surface area contributed by atoms with Crippen LogP contribution in [0, 0.1) is 0 Å². The maximum atomic E-state index is 11.6. The first-order valence-electron chi connectivity index (χ1n) is 12.4. The molecule has 6 heteroatoms. The Kier molecular flexibility index (Phi) is 12.4. The number of pyridine rings is 1. The predicted octanol–water partition coefficient (Wildman–Crippen LogP) is 5.43. The quantitative estimate of drug-likeness (QED) is 0.294. The van der Waals surface area contributed by atoms with Crippen LogP contribution in [0.5, 0.6) is 5.75 Å². The van der Waals surface area contributed by atoms with E-state index in [2.05, 4.69) is 29.0 Å². The number of nitrogens with zero attached hydrogens (tertiary/aromatic N) is 2. The molecule has 1 aromatic heterocycles. The predicted molar refractivity (Wildman–Crippen MR) is 127 cm³/mol. The van der Waals surface area contributed by atoms with Crippen LogP contribution >= 0.6 is 0 Å². The second kappa shape index (κ2) is 15.1. The third kappa shape index (κ3) is 10.9. The number of aromatic nitrogens is 1. The summed E-state index contributed by atoms with van der Waals surface area (Å²) in [6.07, 6.45) is 13.7. The highest BCUT2D eigenvalue weighted by Crippen LogP contribution is 2.19. The molecule has 1 saturated heterocycles. The van der Waals surface area contributed by atoms with Gasteiger partial charge >= 0.3 is 5.97 Å². The highest BCUT2D eigenvalue weighted by molar-refractivity contribution is 5.69. The van der Waals surface area contributed by atoms with Crippen LogP contribution in [0.3, 0.4) is 0 Å². The topological polar surface area (TPSA) is 63.7 Å². The monoisotopic (exact) mass is 433 g/mol. The maximum absolute atomic E-state index is 11.6. The van der Waals surface area contributed by atoms with Crippen LogP contribution in [-0.4, -0.2) is 54.2 Å². The lowest BCUT2D eigenvalue weighted by molar-refractivity contribution is -0.143. The number of hydrogen-bond acceptors (Lipinski definition) is 6. The summed E-state index contributed by atoms with van der Waals surface area (Å²) < 4.78 is 11.1. The number of rotatable bonds is 15. The minimum absolute atomic E-state index is 0.111. The fourth-order valence-electron chi connectivity index (χ4n) is 4.11. The number of nitrogens with one attached hydrogen (secondary N) is 1. The molecular weight excluding hydrogens is 390 g/mol. The molecule has 0 aromatic carbocycles. The maximum Gasteiger partial charge on any atom is 0.307 e. The van der Waals surface area contributed by atoms with Gasteiger partial charge < -0.3 is 19.7 Å². The molecule has 0 aliphatic carbocycles. The van der Waals surface area contributed by atoms with Crippen LogP contribution < -0.4 is 10.1 Å². The fraction of sp³-hybridized carbons (Fsp3) is 0.760. The van der Waals surface area contributed by atoms with Gasteiger partial charge in [-0.15, -0.1) is 0 Å². The largest absolute Gasteiger partial charge is 0.489 e. The van der Waals surface area contributed by atoms with Gasteiger partial charge in [0.05, 0.1) is 25.3 Å². The van der Waals surface area contributed by atoms with Gasteiger partial charge in [-0.3, -0.25) is 4.79 Å². The SMILES string of the molecule is CCCCCCCCC(C)Oc1ccc(NC2CCCN(CCC(=O)OCC)C2)nc1. The Bertz CT molecular complexity index is 609. The van der Waals surface area contributed by atoms with Crippen LogP contribution in [0.15, 0.2) is 18.3 Å². The first-order chi connectivity index (χ1) is 15.1. The third-order valence-corrected chi connectivity index (χ3v) is 5.83. The van der Waals surface area contributed by atoms with E-state index in [1.54, 1.807) is 0 Å². The molecule has 1 aliphatic heterocycles. The van der Waals surface area contributed by atoms with Crippen molar-refractivity contribution in [3.8, 4) is 5.75 Å². The standard InChI is InChI=1S/C25H43N3O3/c1-4-6-7-8-9-10-12-21(3)31-23-14-15-24(26-19-23)27-22-13-11-17-28(20-22)18-16-25(29)30-5-2/h14-15,19,21-22H,4-13,16-18,20H2,1-3H3,(H,26,27). The van der Waals surface area contributed by atoms with Gasteiger partial charge in [0, 0.05) is 19.1 Å². The summed E-state index contributed by atoms with van der Waals surface area (Å²) in [5.41, 5.74) is 0. The number of hydrogen-bond donors (Lipinski definition) is 1. The highest BCUT2D eigenvalue weighted by Gasteiger charge is 2.20. The second-order valence-electron chi connectivity index (χ2n) is 8.70. The molecular formula is C25H43N3O3. The van der Waals surface area contributed by atoms with Crippen molar-refractivity contribution in [2.75, 3.05) is 31.6 Å². The zero-order valence-electron chi connectivity index (χ0n) is 19.9. The molecule has 2 rings (SSSR count). The lowest BCUT2D eigenvalue weighted by Gasteiger charge is -2.33. The summed E-state index contributed by atoms with van der Waals surface area (Å²) in [6.45, 7) is 9.41. The van der Waals surface area contributed by atoms with E-state index in [-0.39, 0.29) is 12.1 Å². The molecule has 2 unspecified atom stereocenters. The van der Waals surface area contributed by atoms with E-state index in [1.165, 1.54) is 38.5 Å². The van der Waals surface area contributed by atoms with E-state index < -0.39 is 0 Å². The molecule has 1 N–H and O–H groups in total. The average Bonchev–Trinajstić information content (AvgIpc) is 2.77. The molecule has 1 fully saturated rings. The van der Waals surface area contributed by atoms with Crippen molar-refractivity contribution < 1.29 is 14.3 Å². The number of piperidine rings is 1. The first kappa shape index (κ1) is 25.4. The molecule has 0 radical (unpaired) electrons. The number of carbonyl (C=O) groups excluding carboxylic acids is 1. The van der Waals surface area contributed by atoms with Gasteiger partial charge in [-0.25, -0.2) is 4.98 Å². The number of ether oxygens (including phenoxy) is 2. The molecule has 0 bridgehead atoms. The summed E-state index contributed by atoms with van der Waals surface area (Å²) in [4.78, 5) is 18.5. The fourth-order valence-corrected chi connectivity index (χ4v) is 4.11. The molecule has 2 atom stereocenters. The highest BCUT2D eigenvalue weighted by atomic mass is 16.5. The first-order valence-corrected chi connectivity index (χ1v) is 12.4. The Labute approximate surface area is 189 Å². The van der Waals surface area contributed by atoms with E-state index in [0.29, 0.717) is 19.1 Å². The summed E-state index contributed by atoms with van der Waals surface area (Å²) in [5.74, 6) is 1.61. The van der Waals surface area contributed by atoms with Gasteiger partial charge in [0.1, 0.15) is 11.6 Å². The van der Waals surface area contributed by atoms with Crippen LogP contribution in [-0.2, 0) is 9.53 Å². The molecule has 2 heterocycles. The Morgan fingerprint density at radius 3 is 2.77 bits per heavy atom. The second-order valence-corrected chi connectivity index (χ2v) is 8.70. The van der Waals surface area contributed by atoms with Crippen LogP contribution in [0.1, 0.15) is 85.0 Å². The minimum Gasteiger partial charge on any atom is -0.489 e. The molecule has 6 nitrogen and oxygen atoms in total. The molecule has 0 spiro atoms. The van der Waals surface area contributed by atoms with E-state index >= 15 is 0 Å².